The summed E-state index contributed by atoms with van der Waals surface area (Å²) in [4.78, 5) is 35.1. The number of nitrogens with zero attached hydrogens (tertiary/aromatic N) is 1. The second-order valence-electron chi connectivity index (χ2n) is 4.73. The van der Waals surface area contributed by atoms with Gasteiger partial charge in [-0.05, 0) is 13.8 Å². The summed E-state index contributed by atoms with van der Waals surface area (Å²) in [6, 6.07) is -1.30. The Morgan fingerprint density at radius 1 is 1.50 bits per heavy atom. The Labute approximate surface area is 109 Å². The minimum Gasteiger partial charge on any atom is -0.480 e. The van der Waals surface area contributed by atoms with Crippen LogP contribution in [0.4, 0.5) is 4.79 Å². The van der Waals surface area contributed by atoms with Gasteiger partial charge in [0.25, 0.3) is 0 Å². The van der Waals surface area contributed by atoms with Gasteiger partial charge in [0.15, 0.2) is 0 Å². The molecule has 102 valence electrons. The van der Waals surface area contributed by atoms with Crippen LogP contribution in [-0.4, -0.2) is 52.1 Å². The van der Waals surface area contributed by atoms with Gasteiger partial charge in [-0.2, -0.15) is 0 Å². The molecule has 1 fully saturated rings. The van der Waals surface area contributed by atoms with E-state index in [1.165, 1.54) is 16.7 Å². The lowest BCUT2D eigenvalue weighted by Gasteiger charge is -2.25. The number of carbonyl (C=O) groups is 3. The largest absolute Gasteiger partial charge is 0.480 e. The number of urea groups is 1. The van der Waals surface area contributed by atoms with Crippen LogP contribution < -0.4 is 11.1 Å². The maximum atomic E-state index is 11.8. The average molecular weight is 275 g/mol. The number of nitrogens with one attached hydrogen (secondary N) is 1. The van der Waals surface area contributed by atoms with E-state index >= 15 is 0 Å². The highest BCUT2D eigenvalue weighted by atomic mass is 32.2. The van der Waals surface area contributed by atoms with E-state index in [1.807, 2.05) is 0 Å². The number of hydrogen-bond donors (Lipinski definition) is 3. The Hall–Kier alpha value is -1.44. The molecule has 0 aliphatic carbocycles. The first-order chi connectivity index (χ1) is 8.25. The highest BCUT2D eigenvalue weighted by Gasteiger charge is 2.35. The average Bonchev–Trinajstić information content (AvgIpc) is 2.74. The molecule has 1 saturated heterocycles. The SMILES string of the molecule is CC(C)(CNC(=O)N1CSC[C@H]1C(=O)O)C(N)=O. The summed E-state index contributed by atoms with van der Waals surface area (Å²) in [6.45, 7) is 3.31. The van der Waals surface area contributed by atoms with Crippen molar-refractivity contribution < 1.29 is 19.5 Å². The molecular formula is C10H17N3O4S. The monoisotopic (exact) mass is 275 g/mol. The molecule has 0 saturated carbocycles. The third kappa shape index (κ3) is 3.28. The normalized spacial score (nSPS) is 19.7. The van der Waals surface area contributed by atoms with Gasteiger partial charge in [0.05, 0.1) is 11.3 Å². The van der Waals surface area contributed by atoms with Gasteiger partial charge in [0.1, 0.15) is 6.04 Å². The van der Waals surface area contributed by atoms with Crippen LogP contribution in [0.2, 0.25) is 0 Å². The Morgan fingerprint density at radius 3 is 2.61 bits per heavy atom. The smallest absolute Gasteiger partial charge is 0.327 e. The number of carboxylic acid groups (broad SMARTS) is 1. The maximum Gasteiger partial charge on any atom is 0.327 e. The van der Waals surface area contributed by atoms with Crippen LogP contribution in [0.25, 0.3) is 0 Å². The summed E-state index contributed by atoms with van der Waals surface area (Å²) >= 11 is 1.38. The van der Waals surface area contributed by atoms with E-state index in [2.05, 4.69) is 5.32 Å². The van der Waals surface area contributed by atoms with Gasteiger partial charge in [-0.3, -0.25) is 4.79 Å². The minimum absolute atomic E-state index is 0.0780. The van der Waals surface area contributed by atoms with Crippen molar-refractivity contribution in [1.82, 2.24) is 10.2 Å². The number of nitrogens with two attached hydrogens (primary N) is 1. The molecule has 4 N–H and O–H groups in total. The van der Waals surface area contributed by atoms with Crippen LogP contribution >= 0.6 is 11.8 Å². The van der Waals surface area contributed by atoms with E-state index in [4.69, 9.17) is 10.8 Å². The summed E-state index contributed by atoms with van der Waals surface area (Å²) in [5.74, 6) is -0.834. The molecule has 18 heavy (non-hydrogen) atoms. The molecule has 1 aliphatic heterocycles. The highest BCUT2D eigenvalue weighted by molar-refractivity contribution is 7.99. The molecule has 0 aromatic rings. The highest BCUT2D eigenvalue weighted by Crippen LogP contribution is 2.21. The molecule has 7 nitrogen and oxygen atoms in total. The quantitative estimate of drug-likeness (QED) is 0.650. The Kier molecular flexibility index (Phi) is 4.44. The van der Waals surface area contributed by atoms with E-state index < -0.39 is 29.4 Å². The molecule has 0 unspecified atom stereocenters. The molecule has 0 radical (unpaired) electrons. The second-order valence-corrected chi connectivity index (χ2v) is 5.73. The van der Waals surface area contributed by atoms with Crippen molar-refractivity contribution in [1.29, 1.82) is 0 Å². The maximum absolute atomic E-state index is 11.8. The van der Waals surface area contributed by atoms with Crippen molar-refractivity contribution >= 4 is 29.7 Å². The van der Waals surface area contributed by atoms with E-state index in [-0.39, 0.29) is 6.54 Å². The topological polar surface area (TPSA) is 113 Å². The number of carboxylic acids is 1. The van der Waals surface area contributed by atoms with E-state index in [0.29, 0.717) is 11.6 Å². The first kappa shape index (κ1) is 14.6. The third-order valence-corrected chi connectivity index (χ3v) is 3.79. The van der Waals surface area contributed by atoms with Crippen molar-refractivity contribution in [3.05, 3.63) is 0 Å². The summed E-state index contributed by atoms with van der Waals surface area (Å²) < 4.78 is 0. The van der Waals surface area contributed by atoms with E-state index in [0.717, 1.165) is 0 Å². The zero-order chi connectivity index (χ0) is 13.9. The summed E-state index contributed by atoms with van der Waals surface area (Å²) in [5.41, 5.74) is 4.32. The fraction of sp³-hybridized carbons (Fsp3) is 0.700. The molecule has 1 rings (SSSR count). The van der Waals surface area contributed by atoms with Crippen molar-refractivity contribution in [2.24, 2.45) is 11.1 Å². The minimum atomic E-state index is -1.02. The number of rotatable bonds is 4. The predicted octanol–water partition coefficient (Wildman–Crippen LogP) is -0.333. The Morgan fingerprint density at radius 2 is 2.11 bits per heavy atom. The van der Waals surface area contributed by atoms with Crippen molar-refractivity contribution in [2.75, 3.05) is 18.2 Å². The van der Waals surface area contributed by atoms with Crippen LogP contribution in [0.3, 0.4) is 0 Å². The number of primary amides is 1. The molecular weight excluding hydrogens is 258 g/mol. The molecule has 3 amide bonds. The molecule has 0 spiro atoms. The van der Waals surface area contributed by atoms with Crippen LogP contribution in [0.1, 0.15) is 13.8 Å². The number of carbonyl (C=O) groups excluding carboxylic acids is 2. The van der Waals surface area contributed by atoms with Crippen molar-refractivity contribution in [2.45, 2.75) is 19.9 Å². The zero-order valence-electron chi connectivity index (χ0n) is 10.3. The van der Waals surface area contributed by atoms with E-state index in [1.54, 1.807) is 13.8 Å². The Bertz CT molecular complexity index is 372. The van der Waals surface area contributed by atoms with Crippen LogP contribution in [0.15, 0.2) is 0 Å². The first-order valence-electron chi connectivity index (χ1n) is 5.40. The molecule has 1 heterocycles. The second kappa shape index (κ2) is 5.47. The van der Waals surface area contributed by atoms with Gasteiger partial charge >= 0.3 is 12.0 Å². The third-order valence-electron chi connectivity index (χ3n) is 2.78. The fourth-order valence-corrected chi connectivity index (χ4v) is 2.48. The molecule has 0 aromatic carbocycles. The number of aliphatic carboxylic acids is 1. The lowest BCUT2D eigenvalue weighted by molar-refractivity contribution is -0.140. The molecule has 8 heteroatoms. The van der Waals surface area contributed by atoms with Crippen molar-refractivity contribution in [3.63, 3.8) is 0 Å². The number of thioether (sulfide) groups is 1. The summed E-state index contributed by atoms with van der Waals surface area (Å²) in [7, 11) is 0. The molecule has 0 aromatic heterocycles. The van der Waals surface area contributed by atoms with Gasteiger partial charge in [-0.15, -0.1) is 11.8 Å². The standard InChI is InChI=1S/C10H17N3O4S/c1-10(2,8(11)16)4-12-9(17)13-5-18-3-6(13)7(14)15/h6H,3-5H2,1-2H3,(H2,11,16)(H,12,17)(H,14,15)/t6-/m0/s1. The van der Waals surface area contributed by atoms with Crippen molar-refractivity contribution in [3.8, 4) is 0 Å². The summed E-state index contributed by atoms with van der Waals surface area (Å²) in [6.07, 6.45) is 0. The van der Waals surface area contributed by atoms with Crippen LogP contribution in [0, 0.1) is 5.41 Å². The lowest BCUT2D eigenvalue weighted by atomic mass is 9.93. The zero-order valence-corrected chi connectivity index (χ0v) is 11.1. The Balaban J connectivity index is 2.56. The fourth-order valence-electron chi connectivity index (χ4n) is 1.33. The molecule has 1 aliphatic rings. The van der Waals surface area contributed by atoms with Gasteiger partial charge in [-0.25, -0.2) is 9.59 Å². The predicted molar refractivity (Wildman–Crippen MR) is 67.0 cm³/mol. The summed E-state index contributed by atoms with van der Waals surface area (Å²) in [5, 5.41) is 11.5. The van der Waals surface area contributed by atoms with Gasteiger partial charge in [0, 0.05) is 12.3 Å². The van der Waals surface area contributed by atoms with Gasteiger partial charge < -0.3 is 21.1 Å². The molecule has 1 atom stereocenters. The van der Waals surface area contributed by atoms with Crippen LogP contribution in [-0.2, 0) is 9.59 Å². The lowest BCUT2D eigenvalue weighted by Crippen LogP contribution is -2.50. The van der Waals surface area contributed by atoms with Gasteiger partial charge in [0.2, 0.25) is 5.91 Å². The first-order valence-corrected chi connectivity index (χ1v) is 6.56. The number of hydrogen-bond acceptors (Lipinski definition) is 4. The molecule has 0 bridgehead atoms. The van der Waals surface area contributed by atoms with Gasteiger partial charge in [-0.1, -0.05) is 0 Å². The van der Waals surface area contributed by atoms with E-state index in [9.17, 15) is 14.4 Å². The van der Waals surface area contributed by atoms with Crippen LogP contribution in [0.5, 0.6) is 0 Å². The number of amides is 3.